The van der Waals surface area contributed by atoms with Crippen molar-refractivity contribution in [3.05, 3.63) is 65.7 Å². The van der Waals surface area contributed by atoms with Crippen LogP contribution in [0.1, 0.15) is 21.6 Å². The standard InChI is InChI=1S/C22H13F6N7O3/c23-21(24,25)10-1-4-16(31-7-10)33-12-5-6-30-19-18(12)32-8-14(35-19)17-11(22(26,27)28)2-3-13(34-17)20(37)38-9-15(29)36/h1-8H,9H2,(H2,29,36)(H,30,31,33,35). The summed E-state index contributed by atoms with van der Waals surface area (Å²) in [5, 5.41) is 2.75. The largest absolute Gasteiger partial charge is 0.451 e. The number of halogens is 6. The Bertz CT molecular complexity index is 1530. The second kappa shape index (κ2) is 9.87. The summed E-state index contributed by atoms with van der Waals surface area (Å²) < 4.78 is 83.9. The molecule has 0 saturated carbocycles. The number of esters is 1. The summed E-state index contributed by atoms with van der Waals surface area (Å²) in [6, 6.07) is 4.66. The number of nitrogens with two attached hydrogens (primary N) is 1. The van der Waals surface area contributed by atoms with E-state index in [1.807, 2.05) is 0 Å². The molecule has 38 heavy (non-hydrogen) atoms. The molecule has 3 N–H and O–H groups in total. The third-order valence-electron chi connectivity index (χ3n) is 4.80. The molecule has 0 aliphatic rings. The average molecular weight is 537 g/mol. The maximum atomic E-state index is 13.7. The van der Waals surface area contributed by atoms with Gasteiger partial charge >= 0.3 is 18.3 Å². The highest BCUT2D eigenvalue weighted by Gasteiger charge is 2.36. The Kier molecular flexibility index (Phi) is 6.80. The number of aromatic nitrogens is 5. The number of hydrogen-bond donors (Lipinski definition) is 2. The summed E-state index contributed by atoms with van der Waals surface area (Å²) >= 11 is 0. The van der Waals surface area contributed by atoms with Gasteiger partial charge in [0.25, 0.3) is 5.91 Å². The van der Waals surface area contributed by atoms with Crippen LogP contribution in [-0.4, -0.2) is 43.4 Å². The fourth-order valence-corrected chi connectivity index (χ4v) is 3.12. The van der Waals surface area contributed by atoms with Gasteiger partial charge in [0.15, 0.2) is 12.3 Å². The Labute approximate surface area is 207 Å². The molecular weight excluding hydrogens is 524 g/mol. The van der Waals surface area contributed by atoms with E-state index in [1.54, 1.807) is 0 Å². The third-order valence-corrected chi connectivity index (χ3v) is 4.80. The molecule has 196 valence electrons. The van der Waals surface area contributed by atoms with Gasteiger partial charge < -0.3 is 15.8 Å². The van der Waals surface area contributed by atoms with Gasteiger partial charge in [0.2, 0.25) is 0 Å². The molecule has 4 rings (SSSR count). The average Bonchev–Trinajstić information content (AvgIpc) is 2.86. The minimum absolute atomic E-state index is 0.0274. The molecule has 0 aromatic carbocycles. The summed E-state index contributed by atoms with van der Waals surface area (Å²) in [5.74, 6) is -2.14. The van der Waals surface area contributed by atoms with Crippen molar-refractivity contribution in [3.63, 3.8) is 0 Å². The Morgan fingerprint density at radius 2 is 1.66 bits per heavy atom. The number of nitrogens with zero attached hydrogens (tertiary/aromatic N) is 5. The first kappa shape index (κ1) is 26.2. The summed E-state index contributed by atoms with van der Waals surface area (Å²) in [5.41, 5.74) is 1.12. The molecular formula is C22H13F6N7O3. The number of amides is 1. The van der Waals surface area contributed by atoms with Gasteiger partial charge in [0.05, 0.1) is 23.0 Å². The van der Waals surface area contributed by atoms with Crippen molar-refractivity contribution >= 4 is 34.5 Å². The van der Waals surface area contributed by atoms with Crippen LogP contribution in [0.3, 0.4) is 0 Å². The number of hydrogen-bond acceptors (Lipinski definition) is 9. The first-order chi connectivity index (χ1) is 17.8. The monoisotopic (exact) mass is 537 g/mol. The first-order valence-electron chi connectivity index (χ1n) is 10.3. The van der Waals surface area contributed by atoms with Crippen LogP contribution in [0.15, 0.2) is 48.9 Å². The zero-order valence-corrected chi connectivity index (χ0v) is 18.6. The highest BCUT2D eigenvalue weighted by atomic mass is 19.4. The van der Waals surface area contributed by atoms with E-state index in [9.17, 15) is 35.9 Å². The van der Waals surface area contributed by atoms with Gasteiger partial charge in [0.1, 0.15) is 28.4 Å². The smallest absolute Gasteiger partial charge is 0.418 e. The predicted molar refractivity (Wildman–Crippen MR) is 118 cm³/mol. The van der Waals surface area contributed by atoms with E-state index in [-0.39, 0.29) is 22.7 Å². The van der Waals surface area contributed by atoms with Crippen LogP contribution in [0.25, 0.3) is 22.6 Å². The highest BCUT2D eigenvalue weighted by Crippen LogP contribution is 2.36. The number of carbonyl (C=O) groups is 2. The van der Waals surface area contributed by atoms with Crippen molar-refractivity contribution in [2.45, 2.75) is 12.4 Å². The van der Waals surface area contributed by atoms with Gasteiger partial charge in [-0.1, -0.05) is 0 Å². The Hall–Kier alpha value is -4.89. The number of nitrogens with one attached hydrogen (secondary N) is 1. The van der Waals surface area contributed by atoms with Crippen molar-refractivity contribution < 1.29 is 40.7 Å². The summed E-state index contributed by atoms with van der Waals surface area (Å²) in [7, 11) is 0. The number of ether oxygens (including phenoxy) is 1. The molecule has 4 aromatic rings. The lowest BCUT2D eigenvalue weighted by molar-refractivity contribution is -0.138. The third kappa shape index (κ3) is 5.74. The van der Waals surface area contributed by atoms with Crippen molar-refractivity contribution in [2.24, 2.45) is 5.73 Å². The molecule has 16 heteroatoms. The molecule has 4 aromatic heterocycles. The summed E-state index contributed by atoms with van der Waals surface area (Å²) in [6.07, 6.45) is -6.65. The van der Waals surface area contributed by atoms with Crippen LogP contribution in [-0.2, 0) is 21.9 Å². The van der Waals surface area contributed by atoms with E-state index in [1.165, 1.54) is 12.3 Å². The first-order valence-corrected chi connectivity index (χ1v) is 10.3. The van der Waals surface area contributed by atoms with Crippen molar-refractivity contribution in [2.75, 3.05) is 11.9 Å². The second-order valence-electron chi connectivity index (χ2n) is 7.47. The van der Waals surface area contributed by atoms with Gasteiger partial charge in [-0.25, -0.2) is 29.7 Å². The maximum absolute atomic E-state index is 13.7. The van der Waals surface area contributed by atoms with Crippen LogP contribution < -0.4 is 11.1 Å². The summed E-state index contributed by atoms with van der Waals surface area (Å²) in [6.45, 7) is -0.805. The van der Waals surface area contributed by atoms with Gasteiger partial charge in [-0.3, -0.25) is 4.79 Å². The number of fused-ring (bicyclic) bond motifs is 1. The molecule has 4 heterocycles. The molecule has 0 aliphatic carbocycles. The number of pyridine rings is 3. The van der Waals surface area contributed by atoms with Crippen molar-refractivity contribution in [3.8, 4) is 11.4 Å². The second-order valence-corrected chi connectivity index (χ2v) is 7.47. The van der Waals surface area contributed by atoms with Gasteiger partial charge in [-0.05, 0) is 30.3 Å². The van der Waals surface area contributed by atoms with Crippen LogP contribution >= 0.6 is 0 Å². The quantitative estimate of drug-likeness (QED) is 0.276. The Morgan fingerprint density at radius 1 is 0.895 bits per heavy atom. The molecule has 0 radical (unpaired) electrons. The van der Waals surface area contributed by atoms with E-state index in [2.05, 4.69) is 35.0 Å². The van der Waals surface area contributed by atoms with Crippen molar-refractivity contribution in [1.82, 2.24) is 24.9 Å². The minimum atomic E-state index is -4.89. The molecule has 1 amide bonds. The zero-order valence-electron chi connectivity index (χ0n) is 18.6. The maximum Gasteiger partial charge on any atom is 0.418 e. The lowest BCUT2D eigenvalue weighted by atomic mass is 10.1. The lowest BCUT2D eigenvalue weighted by Crippen LogP contribution is -2.21. The Balaban J connectivity index is 1.71. The lowest BCUT2D eigenvalue weighted by Gasteiger charge is -2.13. The topological polar surface area (TPSA) is 146 Å². The van der Waals surface area contributed by atoms with Gasteiger partial charge in [0, 0.05) is 12.4 Å². The molecule has 0 atom stereocenters. The van der Waals surface area contributed by atoms with E-state index < -0.39 is 59.0 Å². The minimum Gasteiger partial charge on any atom is -0.451 e. The molecule has 0 bridgehead atoms. The number of anilines is 2. The summed E-state index contributed by atoms with van der Waals surface area (Å²) in [4.78, 5) is 42.5. The van der Waals surface area contributed by atoms with Crippen LogP contribution in [0, 0.1) is 0 Å². The molecule has 0 saturated heterocycles. The number of alkyl halides is 6. The number of carbonyl (C=O) groups excluding carboxylic acids is 2. The van der Waals surface area contributed by atoms with Gasteiger partial charge in [-0.2, -0.15) is 26.3 Å². The predicted octanol–water partition coefficient (Wildman–Crippen LogP) is 3.91. The normalized spacial score (nSPS) is 11.8. The zero-order chi connectivity index (χ0) is 27.7. The Morgan fingerprint density at radius 3 is 2.29 bits per heavy atom. The molecule has 0 aliphatic heterocycles. The molecule has 0 unspecified atom stereocenters. The number of primary amides is 1. The molecule has 10 nitrogen and oxygen atoms in total. The van der Waals surface area contributed by atoms with Crippen molar-refractivity contribution in [1.29, 1.82) is 0 Å². The SMILES string of the molecule is NC(=O)COC(=O)c1ccc(C(F)(F)F)c(-c2cnc3c(Nc4ccc(C(F)(F)F)cn4)ccnc3n2)n1. The highest BCUT2D eigenvalue weighted by molar-refractivity contribution is 5.91. The van der Waals surface area contributed by atoms with Crippen LogP contribution in [0.4, 0.5) is 37.8 Å². The fourth-order valence-electron chi connectivity index (χ4n) is 3.12. The van der Waals surface area contributed by atoms with Crippen LogP contribution in [0.2, 0.25) is 0 Å². The van der Waals surface area contributed by atoms with E-state index in [0.717, 1.165) is 24.4 Å². The van der Waals surface area contributed by atoms with Crippen LogP contribution in [0.5, 0.6) is 0 Å². The molecule has 0 spiro atoms. The number of rotatable bonds is 6. The van der Waals surface area contributed by atoms with Gasteiger partial charge in [-0.15, -0.1) is 0 Å². The van der Waals surface area contributed by atoms with E-state index >= 15 is 0 Å². The van der Waals surface area contributed by atoms with E-state index in [4.69, 9.17) is 5.73 Å². The van der Waals surface area contributed by atoms with E-state index in [0.29, 0.717) is 12.3 Å². The molecule has 0 fully saturated rings. The fraction of sp³-hybridized carbons (Fsp3) is 0.136.